The van der Waals surface area contributed by atoms with Crippen molar-refractivity contribution in [3.63, 3.8) is 0 Å². The molecule has 3 nitrogen and oxygen atoms in total. The fraction of sp³-hybridized carbons (Fsp3) is 0.444. The van der Waals surface area contributed by atoms with Crippen LogP contribution in [0, 0.1) is 0 Å². The predicted octanol–water partition coefficient (Wildman–Crippen LogP) is 2.15. The molecular formula is C9H8F3NO2. The Morgan fingerprint density at radius 1 is 1.27 bits per heavy atom. The summed E-state index contributed by atoms with van der Waals surface area (Å²) in [5.41, 5.74) is -1.01. The van der Waals surface area contributed by atoms with Crippen LogP contribution in [0.1, 0.15) is 17.5 Å². The molecule has 0 unspecified atom stereocenters. The zero-order chi connectivity index (χ0) is 10.9. The molecule has 0 radical (unpaired) electrons. The molecule has 0 spiro atoms. The van der Waals surface area contributed by atoms with E-state index in [1.165, 1.54) is 12.1 Å². The van der Waals surface area contributed by atoms with Gasteiger partial charge in [0.1, 0.15) is 0 Å². The Morgan fingerprint density at radius 2 is 1.93 bits per heavy atom. The number of ether oxygens (including phenoxy) is 2. The lowest BCUT2D eigenvalue weighted by molar-refractivity contribution is -0.146. The van der Waals surface area contributed by atoms with Gasteiger partial charge in [0.05, 0.1) is 13.2 Å². The zero-order valence-electron chi connectivity index (χ0n) is 7.62. The number of hydrogen-bond donors (Lipinski definition) is 0. The summed E-state index contributed by atoms with van der Waals surface area (Å²) >= 11 is 0. The molecule has 15 heavy (non-hydrogen) atoms. The van der Waals surface area contributed by atoms with E-state index < -0.39 is 18.2 Å². The second kappa shape index (κ2) is 3.79. The van der Waals surface area contributed by atoms with E-state index in [4.69, 9.17) is 9.47 Å². The van der Waals surface area contributed by atoms with Gasteiger partial charge in [0.25, 0.3) is 0 Å². The molecule has 6 heteroatoms. The minimum absolute atomic E-state index is 0.0671. The van der Waals surface area contributed by atoms with E-state index in [1.54, 1.807) is 0 Å². The van der Waals surface area contributed by atoms with Crippen molar-refractivity contribution in [2.45, 2.75) is 12.5 Å². The third-order valence-electron chi connectivity index (χ3n) is 1.98. The molecule has 0 bridgehead atoms. The molecule has 1 aromatic rings. The van der Waals surface area contributed by atoms with Crippen molar-refractivity contribution < 1.29 is 22.6 Å². The Kier molecular flexibility index (Phi) is 2.62. The summed E-state index contributed by atoms with van der Waals surface area (Å²) in [6.07, 6.45) is -4.33. The maximum atomic E-state index is 12.5. The highest BCUT2D eigenvalue weighted by molar-refractivity contribution is 5.23. The maximum absolute atomic E-state index is 12.5. The molecule has 82 valence electrons. The van der Waals surface area contributed by atoms with Crippen LogP contribution in [0.15, 0.2) is 18.3 Å². The van der Waals surface area contributed by atoms with Gasteiger partial charge < -0.3 is 9.47 Å². The predicted molar refractivity (Wildman–Crippen MR) is 43.9 cm³/mol. The van der Waals surface area contributed by atoms with Crippen LogP contribution in [0.25, 0.3) is 0 Å². The number of rotatable bonds is 1. The lowest BCUT2D eigenvalue weighted by atomic mass is 10.2. The molecule has 0 aliphatic carbocycles. The fourth-order valence-electron chi connectivity index (χ4n) is 1.38. The number of hydrogen-bond acceptors (Lipinski definition) is 3. The number of nitrogens with zero attached hydrogens (tertiary/aromatic N) is 1. The van der Waals surface area contributed by atoms with Gasteiger partial charge >= 0.3 is 6.18 Å². The molecule has 1 aromatic heterocycles. The normalized spacial score (nSPS) is 18.3. The fourth-order valence-corrected chi connectivity index (χ4v) is 1.38. The van der Waals surface area contributed by atoms with Crippen molar-refractivity contribution in [2.75, 3.05) is 13.2 Å². The van der Waals surface area contributed by atoms with Crippen LogP contribution in [0.3, 0.4) is 0 Å². The Hall–Kier alpha value is -1.14. The Bertz CT molecular complexity index is 347. The van der Waals surface area contributed by atoms with Crippen molar-refractivity contribution in [1.29, 1.82) is 0 Å². The van der Waals surface area contributed by atoms with Gasteiger partial charge in [0, 0.05) is 11.8 Å². The molecule has 0 atom stereocenters. The summed E-state index contributed by atoms with van der Waals surface area (Å²) in [6, 6.07) is 2.74. The molecule has 1 saturated heterocycles. The first-order valence-electron chi connectivity index (χ1n) is 4.34. The van der Waals surface area contributed by atoms with Crippen LogP contribution >= 0.6 is 0 Å². The highest BCUT2D eigenvalue weighted by Crippen LogP contribution is 2.35. The topological polar surface area (TPSA) is 31.4 Å². The molecule has 2 rings (SSSR count). The third kappa shape index (κ3) is 2.10. The Labute approximate surface area is 83.8 Å². The second-order valence-electron chi connectivity index (χ2n) is 3.01. The molecule has 0 N–H and O–H groups in total. The Morgan fingerprint density at radius 3 is 2.53 bits per heavy atom. The average molecular weight is 219 g/mol. The largest absolute Gasteiger partial charge is 0.433 e. The van der Waals surface area contributed by atoms with Crippen molar-refractivity contribution in [3.05, 3.63) is 29.6 Å². The number of alkyl halides is 3. The van der Waals surface area contributed by atoms with E-state index >= 15 is 0 Å². The molecule has 1 aliphatic heterocycles. The standard InChI is InChI=1S/C9H8F3NO2/c10-9(11,12)7-6(2-1-3-13-7)8-14-4-5-15-8/h1-3,8H,4-5H2. The molecule has 0 amide bonds. The smallest absolute Gasteiger partial charge is 0.346 e. The van der Waals surface area contributed by atoms with E-state index in [2.05, 4.69) is 4.98 Å². The quantitative estimate of drug-likeness (QED) is 0.725. The minimum atomic E-state index is -4.48. The number of halogens is 3. The second-order valence-corrected chi connectivity index (χ2v) is 3.01. The van der Waals surface area contributed by atoms with Crippen LogP contribution < -0.4 is 0 Å². The minimum Gasteiger partial charge on any atom is -0.346 e. The van der Waals surface area contributed by atoms with Gasteiger partial charge in [-0.05, 0) is 6.07 Å². The van der Waals surface area contributed by atoms with Crippen molar-refractivity contribution in [2.24, 2.45) is 0 Å². The summed E-state index contributed by atoms with van der Waals surface area (Å²) in [4.78, 5) is 3.31. The summed E-state index contributed by atoms with van der Waals surface area (Å²) in [5, 5.41) is 0. The SMILES string of the molecule is FC(F)(F)c1ncccc1C1OCCO1. The van der Waals surface area contributed by atoms with Gasteiger partial charge in [-0.3, -0.25) is 4.98 Å². The molecule has 2 heterocycles. The van der Waals surface area contributed by atoms with Gasteiger partial charge in [-0.15, -0.1) is 0 Å². The van der Waals surface area contributed by atoms with Gasteiger partial charge in [-0.25, -0.2) is 0 Å². The van der Waals surface area contributed by atoms with Gasteiger partial charge in [0.15, 0.2) is 12.0 Å². The molecule has 1 fully saturated rings. The van der Waals surface area contributed by atoms with E-state index in [1.807, 2.05) is 0 Å². The first kappa shape index (κ1) is 10.4. The molecule has 0 aromatic carbocycles. The average Bonchev–Trinajstić information content (AvgIpc) is 2.69. The third-order valence-corrected chi connectivity index (χ3v) is 1.98. The van der Waals surface area contributed by atoms with E-state index in [9.17, 15) is 13.2 Å². The van der Waals surface area contributed by atoms with Gasteiger partial charge in [-0.1, -0.05) is 6.07 Å². The van der Waals surface area contributed by atoms with Crippen LogP contribution in [-0.2, 0) is 15.7 Å². The summed E-state index contributed by atoms with van der Waals surface area (Å²) in [5.74, 6) is 0. The van der Waals surface area contributed by atoms with Crippen LogP contribution in [-0.4, -0.2) is 18.2 Å². The highest BCUT2D eigenvalue weighted by atomic mass is 19.4. The lowest BCUT2D eigenvalue weighted by Gasteiger charge is -2.15. The van der Waals surface area contributed by atoms with Crippen molar-refractivity contribution in [3.8, 4) is 0 Å². The van der Waals surface area contributed by atoms with Crippen molar-refractivity contribution in [1.82, 2.24) is 4.98 Å². The first-order chi connectivity index (χ1) is 7.09. The van der Waals surface area contributed by atoms with Gasteiger partial charge in [0.2, 0.25) is 0 Å². The monoisotopic (exact) mass is 219 g/mol. The van der Waals surface area contributed by atoms with E-state index in [0.29, 0.717) is 13.2 Å². The van der Waals surface area contributed by atoms with E-state index in [-0.39, 0.29) is 5.56 Å². The summed E-state index contributed by atoms with van der Waals surface area (Å²) < 4.78 is 47.6. The highest BCUT2D eigenvalue weighted by Gasteiger charge is 2.38. The first-order valence-corrected chi connectivity index (χ1v) is 4.34. The maximum Gasteiger partial charge on any atom is 0.433 e. The number of pyridine rings is 1. The van der Waals surface area contributed by atoms with Crippen molar-refractivity contribution >= 4 is 0 Å². The summed E-state index contributed by atoms with van der Waals surface area (Å²) in [7, 11) is 0. The summed E-state index contributed by atoms with van der Waals surface area (Å²) in [6.45, 7) is 0.605. The number of aromatic nitrogens is 1. The zero-order valence-corrected chi connectivity index (χ0v) is 7.62. The molecule has 0 saturated carbocycles. The molecular weight excluding hydrogens is 211 g/mol. The molecule has 1 aliphatic rings. The lowest BCUT2D eigenvalue weighted by Crippen LogP contribution is -2.14. The van der Waals surface area contributed by atoms with E-state index in [0.717, 1.165) is 6.20 Å². The van der Waals surface area contributed by atoms with Crippen LogP contribution in [0.2, 0.25) is 0 Å². The Balaban J connectivity index is 2.37. The van der Waals surface area contributed by atoms with Crippen LogP contribution in [0.4, 0.5) is 13.2 Å². The van der Waals surface area contributed by atoms with Crippen LogP contribution in [0.5, 0.6) is 0 Å². The van der Waals surface area contributed by atoms with Gasteiger partial charge in [-0.2, -0.15) is 13.2 Å².